The van der Waals surface area contributed by atoms with Crippen molar-refractivity contribution in [2.45, 2.75) is 25.2 Å². The zero-order chi connectivity index (χ0) is 13.7. The van der Waals surface area contributed by atoms with Crippen molar-refractivity contribution in [2.24, 2.45) is 0 Å². The summed E-state index contributed by atoms with van der Waals surface area (Å²) in [6.45, 7) is 0. The van der Waals surface area contributed by atoms with Crippen LogP contribution in [0.2, 0.25) is 0 Å². The summed E-state index contributed by atoms with van der Waals surface area (Å²) in [5.41, 5.74) is 0.515. The van der Waals surface area contributed by atoms with E-state index in [0.717, 1.165) is 24.7 Å². The van der Waals surface area contributed by atoms with Gasteiger partial charge >= 0.3 is 0 Å². The van der Waals surface area contributed by atoms with Gasteiger partial charge < -0.3 is 5.11 Å². The summed E-state index contributed by atoms with van der Waals surface area (Å²) in [5.74, 6) is 0.738. The number of benzene rings is 1. The number of halogens is 1. The second-order valence-electron chi connectivity index (χ2n) is 4.95. The Bertz CT molecular complexity index is 793. The lowest BCUT2D eigenvalue weighted by Gasteiger charge is -2.22. The van der Waals surface area contributed by atoms with Crippen molar-refractivity contribution >= 4 is 16.3 Å². The van der Waals surface area contributed by atoms with E-state index in [0.29, 0.717) is 21.4 Å². The third-order valence-corrected chi connectivity index (χ3v) is 4.61. The van der Waals surface area contributed by atoms with Gasteiger partial charge in [0.15, 0.2) is 10.8 Å². The Hall–Kier alpha value is -2.02. The first-order valence-corrected chi connectivity index (χ1v) is 7.25. The van der Waals surface area contributed by atoms with Crippen molar-refractivity contribution in [3.8, 4) is 16.3 Å². The van der Waals surface area contributed by atoms with Gasteiger partial charge in [-0.05, 0) is 25.0 Å². The van der Waals surface area contributed by atoms with Crippen LogP contribution in [-0.4, -0.2) is 24.9 Å². The summed E-state index contributed by atoms with van der Waals surface area (Å²) in [6, 6.07) is 3.92. The number of hydrogen-bond acceptors (Lipinski definition) is 5. The first kappa shape index (κ1) is 11.8. The quantitative estimate of drug-likeness (QED) is 0.788. The molecule has 7 heteroatoms. The van der Waals surface area contributed by atoms with Crippen LogP contribution in [0.25, 0.3) is 15.5 Å². The number of phenols is 1. The van der Waals surface area contributed by atoms with Gasteiger partial charge in [0.1, 0.15) is 11.6 Å². The molecule has 0 spiro atoms. The maximum Gasteiger partial charge on any atom is 0.234 e. The summed E-state index contributed by atoms with van der Waals surface area (Å²) >= 11 is 1.34. The van der Waals surface area contributed by atoms with E-state index in [1.807, 2.05) is 0 Å². The zero-order valence-corrected chi connectivity index (χ0v) is 11.3. The van der Waals surface area contributed by atoms with Crippen LogP contribution in [0, 0.1) is 5.82 Å². The van der Waals surface area contributed by atoms with E-state index in [4.69, 9.17) is 0 Å². The summed E-state index contributed by atoms with van der Waals surface area (Å²) in [7, 11) is 0. The Morgan fingerprint density at radius 1 is 1.30 bits per heavy atom. The molecule has 0 bridgehead atoms. The van der Waals surface area contributed by atoms with Crippen LogP contribution in [0.3, 0.4) is 0 Å². The molecule has 0 aliphatic heterocycles. The highest BCUT2D eigenvalue weighted by Crippen LogP contribution is 2.37. The van der Waals surface area contributed by atoms with Crippen molar-refractivity contribution in [1.29, 1.82) is 0 Å². The molecule has 4 rings (SSSR count). The Morgan fingerprint density at radius 3 is 2.85 bits per heavy atom. The van der Waals surface area contributed by atoms with Crippen LogP contribution in [-0.2, 0) is 0 Å². The molecule has 1 fully saturated rings. The van der Waals surface area contributed by atoms with E-state index >= 15 is 0 Å². The SMILES string of the molecule is Oc1cc(F)ccc1-c1nn2c(C3CCC3)nnc2s1. The Balaban J connectivity index is 1.82. The third kappa shape index (κ3) is 1.70. The van der Waals surface area contributed by atoms with Gasteiger partial charge in [0, 0.05) is 12.0 Å². The fraction of sp³-hybridized carbons (Fsp3) is 0.308. The van der Waals surface area contributed by atoms with Crippen LogP contribution in [0.1, 0.15) is 31.0 Å². The molecule has 1 aliphatic rings. The largest absolute Gasteiger partial charge is 0.507 e. The highest BCUT2D eigenvalue weighted by Gasteiger charge is 2.26. The molecule has 3 aromatic rings. The maximum atomic E-state index is 13.0. The van der Waals surface area contributed by atoms with Gasteiger partial charge in [-0.25, -0.2) is 4.39 Å². The molecule has 102 valence electrons. The molecule has 2 heterocycles. The zero-order valence-electron chi connectivity index (χ0n) is 10.5. The first-order chi connectivity index (χ1) is 9.72. The molecule has 1 saturated carbocycles. The minimum atomic E-state index is -0.468. The van der Waals surface area contributed by atoms with Crippen molar-refractivity contribution < 1.29 is 9.50 Å². The third-order valence-electron chi connectivity index (χ3n) is 3.68. The number of fused-ring (bicyclic) bond motifs is 1. The molecule has 2 aromatic heterocycles. The van der Waals surface area contributed by atoms with E-state index in [1.54, 1.807) is 4.52 Å². The van der Waals surface area contributed by atoms with Crippen LogP contribution < -0.4 is 0 Å². The number of rotatable bonds is 2. The van der Waals surface area contributed by atoms with Gasteiger partial charge in [0.05, 0.1) is 5.56 Å². The standard InChI is InChI=1S/C13H11FN4OS/c14-8-4-5-9(10(19)6-8)12-17-18-11(7-2-1-3-7)15-16-13(18)20-12/h4-7,19H,1-3H2. The lowest BCUT2D eigenvalue weighted by molar-refractivity contribution is 0.395. The smallest absolute Gasteiger partial charge is 0.234 e. The summed E-state index contributed by atoms with van der Waals surface area (Å²) in [4.78, 5) is 0.700. The summed E-state index contributed by atoms with van der Waals surface area (Å²) < 4.78 is 14.8. The number of hydrogen-bond donors (Lipinski definition) is 1. The molecule has 0 amide bonds. The van der Waals surface area contributed by atoms with E-state index < -0.39 is 5.82 Å². The van der Waals surface area contributed by atoms with E-state index in [-0.39, 0.29) is 5.75 Å². The fourth-order valence-electron chi connectivity index (χ4n) is 2.35. The topological polar surface area (TPSA) is 63.3 Å². The number of aromatic nitrogens is 4. The summed E-state index contributed by atoms with van der Waals surface area (Å²) in [6.07, 6.45) is 3.46. The lowest BCUT2D eigenvalue weighted by Crippen LogP contribution is -2.12. The van der Waals surface area contributed by atoms with Crippen molar-refractivity contribution in [1.82, 2.24) is 19.8 Å². The average Bonchev–Trinajstić information content (AvgIpc) is 2.89. The maximum absolute atomic E-state index is 13.0. The highest BCUT2D eigenvalue weighted by molar-refractivity contribution is 7.19. The van der Waals surface area contributed by atoms with Crippen molar-refractivity contribution in [3.63, 3.8) is 0 Å². The number of aromatic hydroxyl groups is 1. The van der Waals surface area contributed by atoms with Crippen LogP contribution in [0.4, 0.5) is 4.39 Å². The molecule has 0 unspecified atom stereocenters. The molecular weight excluding hydrogens is 279 g/mol. The Morgan fingerprint density at radius 2 is 2.15 bits per heavy atom. The summed E-state index contributed by atoms with van der Waals surface area (Å²) in [5, 5.41) is 23.2. The minimum absolute atomic E-state index is 0.111. The predicted octanol–water partition coefficient (Wildman–Crippen LogP) is 2.97. The second kappa shape index (κ2) is 4.24. The van der Waals surface area contributed by atoms with Crippen molar-refractivity contribution in [3.05, 3.63) is 29.8 Å². The molecule has 1 aliphatic carbocycles. The number of phenolic OH excluding ortho intramolecular Hbond substituents is 1. The molecule has 5 nitrogen and oxygen atoms in total. The predicted molar refractivity (Wildman–Crippen MR) is 72.3 cm³/mol. The van der Waals surface area contributed by atoms with Crippen LogP contribution >= 0.6 is 11.3 Å². The average molecular weight is 290 g/mol. The lowest BCUT2D eigenvalue weighted by atomic mass is 9.85. The second-order valence-corrected chi connectivity index (χ2v) is 5.91. The monoisotopic (exact) mass is 290 g/mol. The number of nitrogens with zero attached hydrogens (tertiary/aromatic N) is 4. The molecule has 1 N–H and O–H groups in total. The van der Waals surface area contributed by atoms with E-state index in [9.17, 15) is 9.50 Å². The van der Waals surface area contributed by atoms with Gasteiger partial charge in [0.25, 0.3) is 0 Å². The normalized spacial score (nSPS) is 15.7. The molecule has 0 saturated heterocycles. The van der Waals surface area contributed by atoms with Crippen molar-refractivity contribution in [2.75, 3.05) is 0 Å². The van der Waals surface area contributed by atoms with Gasteiger partial charge in [-0.3, -0.25) is 0 Å². The Kier molecular flexibility index (Phi) is 2.50. The first-order valence-electron chi connectivity index (χ1n) is 6.43. The highest BCUT2D eigenvalue weighted by atomic mass is 32.1. The Labute approximate surface area is 117 Å². The minimum Gasteiger partial charge on any atom is -0.507 e. The van der Waals surface area contributed by atoms with E-state index in [1.165, 1.54) is 29.9 Å². The molecular formula is C13H11FN4OS. The van der Waals surface area contributed by atoms with Gasteiger partial charge in [-0.15, -0.1) is 10.2 Å². The fourth-order valence-corrected chi connectivity index (χ4v) is 3.23. The molecule has 20 heavy (non-hydrogen) atoms. The van der Waals surface area contributed by atoms with Gasteiger partial charge in [0.2, 0.25) is 4.96 Å². The van der Waals surface area contributed by atoms with Crippen LogP contribution in [0.5, 0.6) is 5.75 Å². The van der Waals surface area contributed by atoms with Gasteiger partial charge in [-0.2, -0.15) is 9.61 Å². The van der Waals surface area contributed by atoms with Crippen LogP contribution in [0.15, 0.2) is 18.2 Å². The van der Waals surface area contributed by atoms with Gasteiger partial charge in [-0.1, -0.05) is 17.8 Å². The molecule has 0 atom stereocenters. The molecule has 0 radical (unpaired) electrons. The molecule has 1 aromatic carbocycles. The van der Waals surface area contributed by atoms with E-state index in [2.05, 4.69) is 15.3 Å².